The van der Waals surface area contributed by atoms with Gasteiger partial charge in [-0.15, -0.1) is 10.2 Å². The highest BCUT2D eigenvalue weighted by molar-refractivity contribution is 7.05. The van der Waals surface area contributed by atoms with Crippen molar-refractivity contribution in [3.05, 3.63) is 22.5 Å². The van der Waals surface area contributed by atoms with Gasteiger partial charge in [-0.3, -0.25) is 4.68 Å². The first-order valence-corrected chi connectivity index (χ1v) is 5.42. The zero-order valence-electron chi connectivity index (χ0n) is 8.58. The Morgan fingerprint density at radius 1 is 1.60 bits per heavy atom. The number of aryl methyl sites for hydroxylation is 2. The van der Waals surface area contributed by atoms with Gasteiger partial charge in [0.1, 0.15) is 0 Å². The fraction of sp³-hybridized carbons (Fsp3) is 0.500. The lowest BCUT2D eigenvalue weighted by atomic mass is 10.1. The van der Waals surface area contributed by atoms with Gasteiger partial charge in [0.25, 0.3) is 0 Å². The molecular weight excluding hydrogens is 212 g/mol. The molecule has 80 valence electrons. The molecule has 0 radical (unpaired) electrons. The molecule has 6 nitrogen and oxygen atoms in total. The number of rotatable bonds is 3. The van der Waals surface area contributed by atoms with Gasteiger partial charge in [0, 0.05) is 7.05 Å². The Balaban J connectivity index is 2.36. The van der Waals surface area contributed by atoms with Crippen LogP contribution in [0.25, 0.3) is 0 Å². The molecule has 0 aromatic carbocycles. The van der Waals surface area contributed by atoms with Crippen molar-refractivity contribution in [3.63, 3.8) is 0 Å². The van der Waals surface area contributed by atoms with Gasteiger partial charge in [0.05, 0.1) is 28.5 Å². The first-order valence-electron chi connectivity index (χ1n) is 4.65. The third-order valence-corrected chi connectivity index (χ3v) is 3.12. The van der Waals surface area contributed by atoms with Gasteiger partial charge in [0.15, 0.2) is 0 Å². The first kappa shape index (κ1) is 10.2. The van der Waals surface area contributed by atoms with E-state index in [-0.39, 0.29) is 6.04 Å². The van der Waals surface area contributed by atoms with E-state index in [2.05, 4.69) is 19.9 Å². The molecule has 0 saturated heterocycles. The maximum atomic E-state index is 6.11. The molecule has 2 aromatic rings. The van der Waals surface area contributed by atoms with Crippen LogP contribution in [0.5, 0.6) is 0 Å². The molecule has 7 heteroatoms. The minimum Gasteiger partial charge on any atom is -0.318 e. The SMILES string of the molecule is CCc1nnsc1C(N)c1cnnn1C. The van der Waals surface area contributed by atoms with Crippen molar-refractivity contribution in [2.45, 2.75) is 19.4 Å². The zero-order valence-corrected chi connectivity index (χ0v) is 9.40. The van der Waals surface area contributed by atoms with Crippen LogP contribution in [0.3, 0.4) is 0 Å². The van der Waals surface area contributed by atoms with Crippen LogP contribution in [0.15, 0.2) is 6.20 Å². The van der Waals surface area contributed by atoms with E-state index in [1.165, 1.54) is 11.5 Å². The monoisotopic (exact) mass is 224 g/mol. The topological polar surface area (TPSA) is 82.5 Å². The average Bonchev–Trinajstić information content (AvgIpc) is 2.84. The number of hydrogen-bond acceptors (Lipinski definition) is 6. The highest BCUT2D eigenvalue weighted by atomic mass is 32.1. The van der Waals surface area contributed by atoms with Crippen molar-refractivity contribution in [2.24, 2.45) is 12.8 Å². The molecule has 0 aliphatic heterocycles. The number of aromatic nitrogens is 5. The van der Waals surface area contributed by atoms with E-state index in [9.17, 15) is 0 Å². The number of hydrogen-bond donors (Lipinski definition) is 1. The summed E-state index contributed by atoms with van der Waals surface area (Å²) >= 11 is 1.33. The summed E-state index contributed by atoms with van der Waals surface area (Å²) in [4.78, 5) is 0.989. The second-order valence-electron chi connectivity index (χ2n) is 3.20. The van der Waals surface area contributed by atoms with Gasteiger partial charge in [0.2, 0.25) is 0 Å². The average molecular weight is 224 g/mol. The largest absolute Gasteiger partial charge is 0.318 e. The Bertz CT molecular complexity index is 447. The summed E-state index contributed by atoms with van der Waals surface area (Å²) in [5, 5.41) is 11.7. The predicted molar refractivity (Wildman–Crippen MR) is 56.3 cm³/mol. The molecular formula is C8H12N6S. The molecule has 2 aromatic heterocycles. The van der Waals surface area contributed by atoms with Crippen LogP contribution >= 0.6 is 11.5 Å². The smallest absolute Gasteiger partial charge is 0.0868 e. The number of nitrogens with zero attached hydrogens (tertiary/aromatic N) is 5. The molecule has 2 N–H and O–H groups in total. The molecule has 2 rings (SSSR count). The third kappa shape index (κ3) is 1.75. The van der Waals surface area contributed by atoms with E-state index in [0.29, 0.717) is 0 Å². The summed E-state index contributed by atoms with van der Waals surface area (Å²) in [6.45, 7) is 2.04. The molecule has 1 atom stereocenters. The Kier molecular flexibility index (Phi) is 2.74. The fourth-order valence-electron chi connectivity index (χ4n) is 1.41. The lowest BCUT2D eigenvalue weighted by Crippen LogP contribution is -2.16. The maximum Gasteiger partial charge on any atom is 0.0868 e. The van der Waals surface area contributed by atoms with E-state index < -0.39 is 0 Å². The van der Waals surface area contributed by atoms with Crippen LogP contribution < -0.4 is 5.73 Å². The summed E-state index contributed by atoms with van der Waals surface area (Å²) in [7, 11) is 1.82. The van der Waals surface area contributed by atoms with E-state index in [1.807, 2.05) is 14.0 Å². The van der Waals surface area contributed by atoms with Gasteiger partial charge < -0.3 is 5.73 Å². The Hall–Kier alpha value is -1.34. The van der Waals surface area contributed by atoms with E-state index >= 15 is 0 Å². The Labute approximate surface area is 91.3 Å². The standard InChI is InChI=1S/C8H12N6S/c1-3-5-8(15-13-11-5)7(9)6-4-10-12-14(6)2/h4,7H,3,9H2,1-2H3. The summed E-state index contributed by atoms with van der Waals surface area (Å²) in [6.07, 6.45) is 2.51. The Morgan fingerprint density at radius 3 is 3.00 bits per heavy atom. The molecule has 0 bridgehead atoms. The van der Waals surface area contributed by atoms with E-state index in [4.69, 9.17) is 5.73 Å². The van der Waals surface area contributed by atoms with Gasteiger partial charge in [-0.1, -0.05) is 16.6 Å². The van der Waals surface area contributed by atoms with Crippen LogP contribution in [0.4, 0.5) is 0 Å². The van der Waals surface area contributed by atoms with Crippen LogP contribution in [-0.4, -0.2) is 24.6 Å². The van der Waals surface area contributed by atoms with Crippen molar-refractivity contribution in [1.82, 2.24) is 24.6 Å². The van der Waals surface area contributed by atoms with Crippen molar-refractivity contribution < 1.29 is 0 Å². The minimum atomic E-state index is -0.236. The minimum absolute atomic E-state index is 0.236. The molecule has 0 fully saturated rings. The number of nitrogens with two attached hydrogens (primary N) is 1. The Morgan fingerprint density at radius 2 is 2.40 bits per heavy atom. The van der Waals surface area contributed by atoms with Gasteiger partial charge in [-0.05, 0) is 18.0 Å². The predicted octanol–water partition coefficient (Wildman–Crippen LogP) is 0.277. The van der Waals surface area contributed by atoms with Crippen LogP contribution in [0.1, 0.15) is 29.2 Å². The van der Waals surface area contributed by atoms with E-state index in [1.54, 1.807) is 10.9 Å². The van der Waals surface area contributed by atoms with Crippen LogP contribution in [0, 0.1) is 0 Å². The first-order chi connectivity index (χ1) is 7.24. The van der Waals surface area contributed by atoms with Crippen molar-refractivity contribution in [1.29, 1.82) is 0 Å². The van der Waals surface area contributed by atoms with Crippen molar-refractivity contribution in [2.75, 3.05) is 0 Å². The summed E-state index contributed by atoms with van der Waals surface area (Å²) in [6, 6.07) is -0.236. The maximum absolute atomic E-state index is 6.11. The van der Waals surface area contributed by atoms with Crippen molar-refractivity contribution in [3.8, 4) is 0 Å². The van der Waals surface area contributed by atoms with Crippen molar-refractivity contribution >= 4 is 11.5 Å². The third-order valence-electron chi connectivity index (χ3n) is 2.27. The fourth-order valence-corrected chi connectivity index (χ4v) is 2.16. The molecule has 0 aliphatic rings. The van der Waals surface area contributed by atoms with Gasteiger partial charge in [-0.25, -0.2) is 0 Å². The zero-order chi connectivity index (χ0) is 10.8. The summed E-state index contributed by atoms with van der Waals surface area (Å²) in [5.74, 6) is 0. The van der Waals surface area contributed by atoms with Crippen LogP contribution in [0.2, 0.25) is 0 Å². The molecule has 0 spiro atoms. The van der Waals surface area contributed by atoms with E-state index in [0.717, 1.165) is 22.7 Å². The summed E-state index contributed by atoms with van der Waals surface area (Å²) in [5.41, 5.74) is 7.94. The van der Waals surface area contributed by atoms with Gasteiger partial charge >= 0.3 is 0 Å². The second kappa shape index (κ2) is 4.03. The summed E-state index contributed by atoms with van der Waals surface area (Å²) < 4.78 is 5.59. The molecule has 0 aliphatic carbocycles. The lowest BCUT2D eigenvalue weighted by molar-refractivity contribution is 0.652. The normalized spacial score (nSPS) is 13.0. The highest BCUT2D eigenvalue weighted by Gasteiger charge is 2.19. The molecule has 1 unspecified atom stereocenters. The highest BCUT2D eigenvalue weighted by Crippen LogP contribution is 2.23. The lowest BCUT2D eigenvalue weighted by Gasteiger charge is -2.09. The van der Waals surface area contributed by atoms with Crippen LogP contribution in [-0.2, 0) is 13.5 Å². The van der Waals surface area contributed by atoms with Gasteiger partial charge in [-0.2, -0.15) is 0 Å². The molecule has 2 heterocycles. The molecule has 0 amide bonds. The second-order valence-corrected chi connectivity index (χ2v) is 3.98. The molecule has 0 saturated carbocycles. The molecule has 15 heavy (non-hydrogen) atoms. The quantitative estimate of drug-likeness (QED) is 0.809.